The lowest BCUT2D eigenvalue weighted by molar-refractivity contribution is -0.139. The summed E-state index contributed by atoms with van der Waals surface area (Å²) in [4.78, 5) is 40.8. The minimum Gasteiger partial charge on any atom is -0.322 e. The first-order valence-corrected chi connectivity index (χ1v) is 9.94. The molecular formula is C19H25ClFN5O3. The maximum atomic E-state index is 13.2. The van der Waals surface area contributed by atoms with Crippen LogP contribution in [-0.4, -0.2) is 70.9 Å². The van der Waals surface area contributed by atoms with E-state index in [2.05, 4.69) is 15.6 Å². The summed E-state index contributed by atoms with van der Waals surface area (Å²) in [7, 11) is 0. The monoisotopic (exact) mass is 425 g/mol. The zero-order valence-corrected chi connectivity index (χ0v) is 17.3. The number of rotatable bonds is 6. The minimum atomic E-state index is -0.988. The van der Waals surface area contributed by atoms with Gasteiger partial charge in [0.2, 0.25) is 0 Å². The van der Waals surface area contributed by atoms with Gasteiger partial charge in [0.1, 0.15) is 11.4 Å². The predicted molar refractivity (Wildman–Crippen MR) is 105 cm³/mol. The fraction of sp³-hybridized carbons (Fsp3) is 0.526. The number of urea groups is 1. The van der Waals surface area contributed by atoms with E-state index in [0.717, 1.165) is 23.7 Å². The standard InChI is InChI=1S/C19H25ClFN5O3/c1-3-19(2)17(28)26(18(29)22-19)23-16(27)12-25-8-6-24(7-9-25)11-13-4-5-14(21)10-15(13)20/h4-5,10H,3,6-9,11-12H2,1-2H3,(H,22,29)(H,23,27). The molecule has 1 unspecified atom stereocenters. The third-order valence-corrected chi connectivity index (χ3v) is 5.80. The van der Waals surface area contributed by atoms with E-state index in [0.29, 0.717) is 31.1 Å². The maximum Gasteiger partial charge on any atom is 0.344 e. The van der Waals surface area contributed by atoms with Gasteiger partial charge in [0, 0.05) is 37.7 Å². The summed E-state index contributed by atoms with van der Waals surface area (Å²) in [5.74, 6) is -1.23. The van der Waals surface area contributed by atoms with E-state index < -0.39 is 23.4 Å². The highest BCUT2D eigenvalue weighted by molar-refractivity contribution is 6.31. The number of halogens is 2. The molecule has 2 heterocycles. The van der Waals surface area contributed by atoms with Crippen molar-refractivity contribution >= 4 is 29.4 Å². The number of hydrogen-bond acceptors (Lipinski definition) is 5. The van der Waals surface area contributed by atoms with E-state index in [-0.39, 0.29) is 12.4 Å². The number of nitrogens with one attached hydrogen (secondary N) is 2. The van der Waals surface area contributed by atoms with Crippen molar-refractivity contribution in [1.29, 1.82) is 0 Å². The first-order chi connectivity index (χ1) is 13.7. The second-order valence-electron chi connectivity index (χ2n) is 7.58. The van der Waals surface area contributed by atoms with Crippen LogP contribution in [0.2, 0.25) is 5.02 Å². The van der Waals surface area contributed by atoms with Gasteiger partial charge in [-0.05, 0) is 31.0 Å². The fourth-order valence-corrected chi connectivity index (χ4v) is 3.61. The number of benzene rings is 1. The van der Waals surface area contributed by atoms with Crippen LogP contribution in [0.4, 0.5) is 9.18 Å². The second-order valence-corrected chi connectivity index (χ2v) is 7.99. The van der Waals surface area contributed by atoms with Crippen molar-refractivity contribution in [3.8, 4) is 0 Å². The number of imide groups is 1. The highest BCUT2D eigenvalue weighted by Gasteiger charge is 2.47. The van der Waals surface area contributed by atoms with Crippen LogP contribution in [0.1, 0.15) is 25.8 Å². The number of carbonyl (C=O) groups is 3. The molecule has 2 fully saturated rings. The lowest BCUT2D eigenvalue weighted by Crippen LogP contribution is -2.53. The SMILES string of the molecule is CCC1(C)NC(=O)N(NC(=O)CN2CCN(Cc3ccc(F)cc3Cl)CC2)C1=O. The van der Waals surface area contributed by atoms with Crippen LogP contribution in [0, 0.1) is 5.82 Å². The Morgan fingerprint density at radius 3 is 2.48 bits per heavy atom. The molecule has 4 amide bonds. The summed E-state index contributed by atoms with van der Waals surface area (Å²) in [6.07, 6.45) is 0.434. The number of hydrazine groups is 1. The Balaban J connectivity index is 1.46. The van der Waals surface area contributed by atoms with Crippen molar-refractivity contribution < 1.29 is 18.8 Å². The highest BCUT2D eigenvalue weighted by atomic mass is 35.5. The molecule has 158 valence electrons. The smallest absolute Gasteiger partial charge is 0.322 e. The van der Waals surface area contributed by atoms with E-state index in [1.165, 1.54) is 12.1 Å². The largest absolute Gasteiger partial charge is 0.344 e. The van der Waals surface area contributed by atoms with Crippen molar-refractivity contribution in [3.05, 3.63) is 34.6 Å². The highest BCUT2D eigenvalue weighted by Crippen LogP contribution is 2.20. The van der Waals surface area contributed by atoms with Gasteiger partial charge in [-0.15, -0.1) is 0 Å². The molecule has 2 aliphatic rings. The van der Waals surface area contributed by atoms with Gasteiger partial charge in [0.15, 0.2) is 0 Å². The average molecular weight is 426 g/mol. The lowest BCUT2D eigenvalue weighted by Gasteiger charge is -2.34. The van der Waals surface area contributed by atoms with Crippen molar-refractivity contribution in [1.82, 2.24) is 25.6 Å². The maximum absolute atomic E-state index is 13.2. The molecule has 8 nitrogen and oxygen atoms in total. The van der Waals surface area contributed by atoms with Crippen molar-refractivity contribution in [2.75, 3.05) is 32.7 Å². The molecule has 0 aliphatic carbocycles. The summed E-state index contributed by atoms with van der Waals surface area (Å²) < 4.78 is 13.2. The van der Waals surface area contributed by atoms with Crippen molar-refractivity contribution in [2.45, 2.75) is 32.4 Å². The van der Waals surface area contributed by atoms with Crippen LogP contribution < -0.4 is 10.7 Å². The Kier molecular flexibility index (Phi) is 6.40. The third kappa shape index (κ3) is 4.85. The van der Waals surface area contributed by atoms with Gasteiger partial charge in [-0.2, -0.15) is 5.01 Å². The zero-order valence-electron chi connectivity index (χ0n) is 16.5. The molecule has 2 saturated heterocycles. The summed E-state index contributed by atoms with van der Waals surface area (Å²) in [5, 5.41) is 3.76. The Morgan fingerprint density at radius 2 is 1.90 bits per heavy atom. The van der Waals surface area contributed by atoms with Gasteiger partial charge >= 0.3 is 6.03 Å². The topological polar surface area (TPSA) is 85.0 Å². The average Bonchev–Trinajstić information content (AvgIpc) is 2.89. The van der Waals surface area contributed by atoms with Gasteiger partial charge < -0.3 is 5.32 Å². The molecule has 0 aromatic heterocycles. The van der Waals surface area contributed by atoms with Gasteiger partial charge in [-0.3, -0.25) is 24.8 Å². The molecule has 2 N–H and O–H groups in total. The number of nitrogens with zero attached hydrogens (tertiary/aromatic N) is 3. The summed E-state index contributed by atoms with van der Waals surface area (Å²) in [5.41, 5.74) is 2.27. The molecule has 0 radical (unpaired) electrons. The molecule has 2 aliphatic heterocycles. The number of carbonyl (C=O) groups excluding carboxylic acids is 3. The van der Waals surface area contributed by atoms with E-state index in [4.69, 9.17) is 11.6 Å². The Labute approximate surface area is 173 Å². The van der Waals surface area contributed by atoms with Gasteiger partial charge in [0.25, 0.3) is 11.8 Å². The van der Waals surface area contributed by atoms with Gasteiger partial charge in [0.05, 0.1) is 6.54 Å². The lowest BCUT2D eigenvalue weighted by atomic mass is 10.00. The van der Waals surface area contributed by atoms with Crippen LogP contribution in [0.5, 0.6) is 0 Å². The molecule has 10 heteroatoms. The molecule has 29 heavy (non-hydrogen) atoms. The van der Waals surface area contributed by atoms with Crippen LogP contribution in [0.15, 0.2) is 18.2 Å². The third-order valence-electron chi connectivity index (χ3n) is 5.45. The second kappa shape index (κ2) is 8.64. The van der Waals surface area contributed by atoms with E-state index >= 15 is 0 Å². The molecule has 0 bridgehead atoms. The molecule has 0 saturated carbocycles. The van der Waals surface area contributed by atoms with Crippen LogP contribution in [-0.2, 0) is 16.1 Å². The molecule has 1 aromatic rings. The first kappa shape index (κ1) is 21.5. The van der Waals surface area contributed by atoms with Crippen LogP contribution in [0.25, 0.3) is 0 Å². The Morgan fingerprint density at radius 1 is 1.24 bits per heavy atom. The number of piperazine rings is 1. The van der Waals surface area contributed by atoms with E-state index in [1.807, 2.05) is 4.90 Å². The first-order valence-electron chi connectivity index (χ1n) is 9.56. The zero-order chi connectivity index (χ0) is 21.2. The van der Waals surface area contributed by atoms with Gasteiger partial charge in [-0.1, -0.05) is 24.6 Å². The fourth-order valence-electron chi connectivity index (χ4n) is 3.39. The van der Waals surface area contributed by atoms with Crippen LogP contribution >= 0.6 is 11.6 Å². The Bertz CT molecular complexity index is 815. The summed E-state index contributed by atoms with van der Waals surface area (Å²) >= 11 is 6.09. The van der Waals surface area contributed by atoms with Crippen molar-refractivity contribution in [2.24, 2.45) is 0 Å². The molecular weight excluding hydrogens is 401 g/mol. The Hall–Kier alpha value is -2.23. The normalized spacial score (nSPS) is 23.4. The molecule has 1 aromatic carbocycles. The number of amides is 4. The van der Waals surface area contributed by atoms with E-state index in [9.17, 15) is 18.8 Å². The van der Waals surface area contributed by atoms with E-state index in [1.54, 1.807) is 19.9 Å². The van der Waals surface area contributed by atoms with Crippen LogP contribution in [0.3, 0.4) is 0 Å². The van der Waals surface area contributed by atoms with Crippen molar-refractivity contribution in [3.63, 3.8) is 0 Å². The number of hydrogen-bond donors (Lipinski definition) is 2. The summed E-state index contributed by atoms with van der Waals surface area (Å²) in [6, 6.07) is 3.76. The molecule has 0 spiro atoms. The molecule has 3 rings (SSSR count). The predicted octanol–water partition coefficient (Wildman–Crippen LogP) is 1.35. The minimum absolute atomic E-state index is 0.0883. The summed E-state index contributed by atoms with van der Waals surface area (Å²) in [6.45, 7) is 6.87. The van der Waals surface area contributed by atoms with Gasteiger partial charge in [-0.25, -0.2) is 9.18 Å². The quantitative estimate of drug-likeness (QED) is 0.672. The molecule has 1 atom stereocenters.